The van der Waals surface area contributed by atoms with Crippen LogP contribution in [0.1, 0.15) is 6.92 Å². The molecule has 2 rings (SSSR count). The van der Waals surface area contributed by atoms with Gasteiger partial charge in [0.05, 0.1) is 5.75 Å². The smallest absolute Gasteiger partial charge is 0.329 e. The summed E-state index contributed by atoms with van der Waals surface area (Å²) in [5.41, 5.74) is 4.51. The summed E-state index contributed by atoms with van der Waals surface area (Å²) in [6.07, 6.45) is 1.70. The Hall–Kier alpha value is -2.00. The van der Waals surface area contributed by atoms with Gasteiger partial charge < -0.3 is 10.3 Å². The van der Waals surface area contributed by atoms with Gasteiger partial charge in [-0.1, -0.05) is 29.4 Å². The molecule has 2 heterocycles. The molecule has 0 aliphatic heterocycles. The number of hydrogen-bond donors (Lipinski definition) is 2. The summed E-state index contributed by atoms with van der Waals surface area (Å²) >= 11 is 6.92. The van der Waals surface area contributed by atoms with E-state index in [-0.39, 0.29) is 23.5 Å². The Bertz CT molecular complexity index is 875. The van der Waals surface area contributed by atoms with E-state index in [4.69, 9.17) is 17.3 Å². The molecule has 118 valence electrons. The number of fused-ring (bicyclic) bond motifs is 1. The van der Waals surface area contributed by atoms with Crippen molar-refractivity contribution in [3.8, 4) is 0 Å². The maximum atomic E-state index is 12.1. The fourth-order valence-corrected chi connectivity index (χ4v) is 2.66. The molecule has 1 amide bonds. The normalized spacial score (nSPS) is 12.0. The Morgan fingerprint density at radius 1 is 1.50 bits per heavy atom. The molecule has 0 fully saturated rings. The topological polar surface area (TPSA) is 116 Å². The van der Waals surface area contributed by atoms with E-state index < -0.39 is 17.2 Å². The van der Waals surface area contributed by atoms with Crippen LogP contribution in [0, 0.1) is 0 Å². The molecule has 2 aromatic rings. The quantitative estimate of drug-likeness (QED) is 0.749. The van der Waals surface area contributed by atoms with Crippen molar-refractivity contribution in [3.63, 3.8) is 0 Å². The molecular formula is C12H14ClN5O3S. The number of halogens is 1. The van der Waals surface area contributed by atoms with E-state index in [1.165, 1.54) is 11.6 Å². The molecule has 0 aliphatic carbocycles. The van der Waals surface area contributed by atoms with Crippen LogP contribution in [-0.2, 0) is 18.4 Å². The number of H-pyrrole nitrogens is 1. The second-order valence-electron chi connectivity index (χ2n) is 4.54. The van der Waals surface area contributed by atoms with E-state index in [2.05, 4.69) is 9.97 Å². The molecule has 3 N–H and O–H groups in total. The molecular weight excluding hydrogens is 330 g/mol. The highest BCUT2D eigenvalue weighted by Gasteiger charge is 2.17. The highest BCUT2D eigenvalue weighted by molar-refractivity contribution is 7.99. The Morgan fingerprint density at radius 2 is 2.18 bits per heavy atom. The summed E-state index contributed by atoms with van der Waals surface area (Å²) < 4.78 is 2.83. The van der Waals surface area contributed by atoms with Gasteiger partial charge in [0.2, 0.25) is 5.91 Å². The largest absolute Gasteiger partial charge is 0.369 e. The van der Waals surface area contributed by atoms with Crippen LogP contribution in [-0.4, -0.2) is 30.8 Å². The second kappa shape index (κ2) is 6.41. The highest BCUT2D eigenvalue weighted by Crippen LogP contribution is 2.21. The lowest BCUT2D eigenvalue weighted by Gasteiger charge is -2.05. The number of imidazole rings is 1. The second-order valence-corrected chi connectivity index (χ2v) is 6.08. The zero-order valence-corrected chi connectivity index (χ0v) is 13.5. The number of aromatic amines is 1. The summed E-state index contributed by atoms with van der Waals surface area (Å²) in [5.74, 6) is -0.492. The lowest BCUT2D eigenvalue weighted by atomic mass is 10.4. The molecule has 0 saturated carbocycles. The number of nitrogens with one attached hydrogen (secondary N) is 1. The maximum absolute atomic E-state index is 12.1. The lowest BCUT2D eigenvalue weighted by molar-refractivity contribution is -0.115. The summed E-state index contributed by atoms with van der Waals surface area (Å²) in [7, 11) is 1.50. The number of nitrogens with zero attached hydrogens (tertiary/aromatic N) is 3. The third-order valence-electron chi connectivity index (χ3n) is 2.87. The van der Waals surface area contributed by atoms with Gasteiger partial charge in [-0.05, 0) is 6.92 Å². The van der Waals surface area contributed by atoms with Crippen molar-refractivity contribution in [2.75, 3.05) is 5.75 Å². The average Bonchev–Trinajstić information content (AvgIpc) is 2.79. The summed E-state index contributed by atoms with van der Waals surface area (Å²) in [6, 6.07) is 0. The zero-order valence-electron chi connectivity index (χ0n) is 11.9. The molecule has 0 bridgehead atoms. The van der Waals surface area contributed by atoms with Gasteiger partial charge in [-0.3, -0.25) is 19.1 Å². The van der Waals surface area contributed by atoms with E-state index in [9.17, 15) is 14.4 Å². The molecule has 22 heavy (non-hydrogen) atoms. The zero-order chi connectivity index (χ0) is 16.4. The molecule has 0 unspecified atom stereocenters. The van der Waals surface area contributed by atoms with E-state index in [1.807, 2.05) is 0 Å². The van der Waals surface area contributed by atoms with Crippen LogP contribution in [0.5, 0.6) is 0 Å². The fourth-order valence-electron chi connectivity index (χ4n) is 1.85. The number of amides is 1. The molecule has 0 spiro atoms. The van der Waals surface area contributed by atoms with Crippen molar-refractivity contribution in [2.24, 2.45) is 12.8 Å². The summed E-state index contributed by atoms with van der Waals surface area (Å²) in [4.78, 5) is 41.2. The van der Waals surface area contributed by atoms with E-state index in [0.717, 1.165) is 11.8 Å². The summed E-state index contributed by atoms with van der Waals surface area (Å²) in [6.45, 7) is 1.99. The third-order valence-corrected chi connectivity index (χ3v) is 4.02. The van der Waals surface area contributed by atoms with Gasteiger partial charge in [-0.15, -0.1) is 0 Å². The SMILES string of the molecule is CC(Cl)=CCn1c(SCC(N)=O)nc2c1c(=O)[nH]c(=O)n2C. The van der Waals surface area contributed by atoms with Gasteiger partial charge in [-0.25, -0.2) is 9.78 Å². The predicted molar refractivity (Wildman–Crippen MR) is 85.1 cm³/mol. The number of primary amides is 1. The number of thioether (sulfide) groups is 1. The van der Waals surface area contributed by atoms with Gasteiger partial charge in [-0.2, -0.15) is 0 Å². The monoisotopic (exact) mass is 343 g/mol. The van der Waals surface area contributed by atoms with E-state index >= 15 is 0 Å². The van der Waals surface area contributed by atoms with Gasteiger partial charge in [0.1, 0.15) is 0 Å². The maximum Gasteiger partial charge on any atom is 0.329 e. The van der Waals surface area contributed by atoms with Gasteiger partial charge in [0.15, 0.2) is 16.3 Å². The minimum atomic E-state index is -0.558. The molecule has 0 atom stereocenters. The number of rotatable bonds is 5. The number of hydrogen-bond acceptors (Lipinski definition) is 5. The van der Waals surface area contributed by atoms with Crippen molar-refractivity contribution in [1.82, 2.24) is 19.1 Å². The molecule has 8 nitrogen and oxygen atoms in total. The number of aryl methyl sites for hydroxylation is 1. The third kappa shape index (κ3) is 3.25. The fraction of sp³-hybridized carbons (Fsp3) is 0.333. The van der Waals surface area contributed by atoms with E-state index in [1.54, 1.807) is 17.6 Å². The first-order valence-corrected chi connectivity index (χ1v) is 7.60. The summed E-state index contributed by atoms with van der Waals surface area (Å²) in [5, 5.41) is 0.962. The van der Waals surface area contributed by atoms with Crippen LogP contribution in [0.15, 0.2) is 25.9 Å². The first-order valence-electron chi connectivity index (χ1n) is 6.24. The molecule has 2 aromatic heterocycles. The molecule has 0 aliphatic rings. The minimum Gasteiger partial charge on any atom is -0.369 e. The molecule has 0 aromatic carbocycles. The first kappa shape index (κ1) is 16.4. The number of allylic oxidation sites excluding steroid dienone is 2. The predicted octanol–water partition coefficient (Wildman–Crippen LogP) is 0.143. The van der Waals surface area contributed by atoms with Crippen LogP contribution < -0.4 is 17.0 Å². The van der Waals surface area contributed by atoms with Crippen molar-refractivity contribution in [1.29, 1.82) is 0 Å². The van der Waals surface area contributed by atoms with Gasteiger partial charge in [0, 0.05) is 18.6 Å². The number of aromatic nitrogens is 4. The molecule has 0 radical (unpaired) electrons. The number of carbonyl (C=O) groups is 1. The van der Waals surface area contributed by atoms with Crippen molar-refractivity contribution in [3.05, 3.63) is 31.9 Å². The van der Waals surface area contributed by atoms with Crippen LogP contribution >= 0.6 is 23.4 Å². The van der Waals surface area contributed by atoms with Gasteiger partial charge in [0.25, 0.3) is 5.56 Å². The van der Waals surface area contributed by atoms with Crippen LogP contribution in [0.3, 0.4) is 0 Å². The van der Waals surface area contributed by atoms with Gasteiger partial charge >= 0.3 is 5.69 Å². The number of nitrogens with two attached hydrogens (primary N) is 1. The Balaban J connectivity index is 2.69. The minimum absolute atomic E-state index is 0.0126. The highest BCUT2D eigenvalue weighted by atomic mass is 35.5. The standard InChI is InChI=1S/C12H14ClN5O3S/c1-6(13)3-4-18-8-9(15-12(18)22-5-7(14)19)17(2)11(21)16-10(8)20/h3H,4-5H2,1-2H3,(H2,14,19)(H,16,20,21). The average molecular weight is 344 g/mol. The Morgan fingerprint density at radius 3 is 2.77 bits per heavy atom. The lowest BCUT2D eigenvalue weighted by Crippen LogP contribution is -2.29. The molecule has 10 heteroatoms. The van der Waals surface area contributed by atoms with Crippen molar-refractivity contribution < 1.29 is 4.79 Å². The Labute approximate surface area is 134 Å². The Kier molecular flexibility index (Phi) is 4.77. The van der Waals surface area contributed by atoms with Crippen molar-refractivity contribution in [2.45, 2.75) is 18.6 Å². The first-order chi connectivity index (χ1) is 10.3. The van der Waals surface area contributed by atoms with E-state index in [0.29, 0.717) is 10.2 Å². The van der Waals surface area contributed by atoms with Crippen molar-refractivity contribution >= 4 is 40.4 Å². The number of carbonyl (C=O) groups excluding carboxylic acids is 1. The van der Waals surface area contributed by atoms with Crippen LogP contribution in [0.4, 0.5) is 0 Å². The molecule has 0 saturated heterocycles. The van der Waals surface area contributed by atoms with Crippen LogP contribution in [0.25, 0.3) is 11.2 Å². The van der Waals surface area contributed by atoms with Crippen LogP contribution in [0.2, 0.25) is 0 Å².